The van der Waals surface area contributed by atoms with Crippen LogP contribution >= 0.6 is 0 Å². The number of methoxy groups -OCH3 is 1. The van der Waals surface area contributed by atoms with Gasteiger partial charge in [-0.25, -0.2) is 4.99 Å². The number of benzene rings is 3. The summed E-state index contributed by atoms with van der Waals surface area (Å²) in [6.07, 6.45) is 0. The number of amides is 2. The van der Waals surface area contributed by atoms with Crippen molar-refractivity contribution in [3.05, 3.63) is 100 Å². The number of hydrogen-bond donors (Lipinski definition) is 2. The number of rotatable bonds is 4. The highest BCUT2D eigenvalue weighted by atomic mass is 16.5. The van der Waals surface area contributed by atoms with Crippen molar-refractivity contribution in [3.8, 4) is 11.8 Å². The maximum absolute atomic E-state index is 13.0. The zero-order valence-electron chi connectivity index (χ0n) is 19.0. The van der Waals surface area contributed by atoms with Gasteiger partial charge in [0, 0.05) is 22.4 Å². The lowest BCUT2D eigenvalue weighted by molar-refractivity contribution is -0.112. The van der Waals surface area contributed by atoms with Gasteiger partial charge in [0.2, 0.25) is 0 Å². The molecule has 0 bridgehead atoms. The summed E-state index contributed by atoms with van der Waals surface area (Å²) >= 11 is 0. The summed E-state index contributed by atoms with van der Waals surface area (Å²) in [5.74, 6) is -0.0170. The Bertz CT molecular complexity index is 1380. The third kappa shape index (κ3) is 4.57. The molecule has 0 atom stereocenters. The highest BCUT2D eigenvalue weighted by Gasteiger charge is 2.27. The predicted octanol–water partition coefficient (Wildman–Crippen LogP) is 4.38. The van der Waals surface area contributed by atoms with E-state index in [4.69, 9.17) is 4.74 Å². The van der Waals surface area contributed by atoms with Crippen LogP contribution in [0.4, 0.5) is 5.69 Å². The quantitative estimate of drug-likeness (QED) is 0.455. The van der Waals surface area contributed by atoms with Crippen LogP contribution < -0.4 is 15.4 Å². The van der Waals surface area contributed by atoms with Crippen LogP contribution in [-0.2, 0) is 4.79 Å². The predicted molar refractivity (Wildman–Crippen MR) is 131 cm³/mol. The smallest absolute Gasteiger partial charge is 0.268 e. The third-order valence-electron chi connectivity index (χ3n) is 5.30. The van der Waals surface area contributed by atoms with Gasteiger partial charge >= 0.3 is 0 Å². The molecule has 2 N–H and O–H groups in total. The normalized spacial score (nSPS) is 13.3. The van der Waals surface area contributed by atoms with Crippen molar-refractivity contribution in [2.75, 3.05) is 12.4 Å². The first kappa shape index (κ1) is 22.5. The molecule has 0 spiro atoms. The van der Waals surface area contributed by atoms with Crippen LogP contribution in [0.15, 0.2) is 77.3 Å². The van der Waals surface area contributed by atoms with Gasteiger partial charge in [0.1, 0.15) is 23.2 Å². The lowest BCUT2D eigenvalue weighted by Crippen LogP contribution is -2.30. The fourth-order valence-corrected chi connectivity index (χ4v) is 3.79. The van der Waals surface area contributed by atoms with Crippen molar-refractivity contribution >= 4 is 29.0 Å². The molecular weight excluding hydrogens is 428 g/mol. The molecule has 168 valence electrons. The molecule has 0 radical (unpaired) electrons. The zero-order valence-corrected chi connectivity index (χ0v) is 19.0. The number of nitriles is 1. The molecule has 7 nitrogen and oxygen atoms in total. The maximum atomic E-state index is 13.0. The minimum atomic E-state index is -0.566. The topological polar surface area (TPSA) is 104 Å². The monoisotopic (exact) mass is 450 g/mol. The summed E-state index contributed by atoms with van der Waals surface area (Å²) in [4.78, 5) is 30.3. The van der Waals surface area contributed by atoms with Crippen molar-refractivity contribution in [2.45, 2.75) is 13.8 Å². The van der Waals surface area contributed by atoms with Gasteiger partial charge in [0.05, 0.1) is 12.8 Å². The minimum absolute atomic E-state index is 0.139. The average molecular weight is 450 g/mol. The van der Waals surface area contributed by atoms with Crippen LogP contribution in [0.1, 0.15) is 32.6 Å². The Morgan fingerprint density at radius 2 is 1.56 bits per heavy atom. The molecule has 2 amide bonds. The summed E-state index contributed by atoms with van der Waals surface area (Å²) in [5.41, 5.74) is 4.31. The fraction of sp³-hybridized carbons (Fsp3) is 0.111. The molecular formula is C27H22N4O3. The number of nitrogens with zero attached hydrogens (tertiary/aromatic N) is 2. The summed E-state index contributed by atoms with van der Waals surface area (Å²) < 4.78 is 5.13. The molecule has 0 saturated carbocycles. The first-order chi connectivity index (χ1) is 16.4. The first-order valence-corrected chi connectivity index (χ1v) is 10.6. The number of hydrogen-bond acceptors (Lipinski definition) is 5. The molecule has 3 aromatic carbocycles. The lowest BCUT2D eigenvalue weighted by Gasteiger charge is -2.08. The van der Waals surface area contributed by atoms with Crippen LogP contribution in [0.3, 0.4) is 0 Å². The van der Waals surface area contributed by atoms with E-state index in [1.165, 1.54) is 0 Å². The van der Waals surface area contributed by atoms with Crippen LogP contribution in [0.25, 0.3) is 5.70 Å². The van der Waals surface area contributed by atoms with Gasteiger partial charge in [0.15, 0.2) is 0 Å². The van der Waals surface area contributed by atoms with E-state index in [-0.39, 0.29) is 23.0 Å². The Labute approximate surface area is 197 Å². The highest BCUT2D eigenvalue weighted by molar-refractivity contribution is 6.21. The molecule has 1 heterocycles. The Kier molecular flexibility index (Phi) is 6.24. The number of aliphatic imine (C=N–C) groups is 1. The number of carbonyl (C=O) groups excluding carboxylic acids is 2. The Balaban J connectivity index is 1.67. The molecule has 0 saturated heterocycles. The van der Waals surface area contributed by atoms with E-state index in [0.29, 0.717) is 28.1 Å². The van der Waals surface area contributed by atoms with Gasteiger partial charge < -0.3 is 15.4 Å². The first-order valence-electron chi connectivity index (χ1n) is 10.6. The van der Waals surface area contributed by atoms with Crippen molar-refractivity contribution < 1.29 is 14.3 Å². The average Bonchev–Trinajstić information content (AvgIpc) is 3.17. The van der Waals surface area contributed by atoms with Gasteiger partial charge in [-0.2, -0.15) is 5.26 Å². The molecule has 34 heavy (non-hydrogen) atoms. The van der Waals surface area contributed by atoms with Crippen LogP contribution in [0.5, 0.6) is 5.75 Å². The van der Waals surface area contributed by atoms with Crippen molar-refractivity contribution in [2.24, 2.45) is 4.99 Å². The van der Waals surface area contributed by atoms with Crippen LogP contribution in [0, 0.1) is 25.2 Å². The fourth-order valence-electron chi connectivity index (χ4n) is 3.79. The highest BCUT2D eigenvalue weighted by Crippen LogP contribution is 2.31. The molecule has 0 aromatic heterocycles. The molecule has 4 rings (SSSR count). The second-order valence-corrected chi connectivity index (χ2v) is 7.85. The number of nitrogens with one attached hydrogen (secondary N) is 2. The number of aryl methyl sites for hydroxylation is 2. The van der Waals surface area contributed by atoms with E-state index in [1.807, 2.05) is 38.1 Å². The molecule has 0 aliphatic carbocycles. The SMILES string of the molecule is COc1ccc(C(=O)NC2=NC(=C(C#N)C(=O)Nc3cc(C)cc(C)c3)c3ccccc32)cc1. The maximum Gasteiger partial charge on any atom is 0.268 e. The number of ether oxygens (including phenoxy) is 1. The van der Waals surface area contributed by atoms with Gasteiger partial charge in [-0.15, -0.1) is 0 Å². The van der Waals surface area contributed by atoms with E-state index < -0.39 is 5.91 Å². The summed E-state index contributed by atoms with van der Waals surface area (Å²) in [5, 5.41) is 15.4. The Morgan fingerprint density at radius 1 is 0.912 bits per heavy atom. The van der Waals surface area contributed by atoms with E-state index in [1.54, 1.807) is 55.6 Å². The summed E-state index contributed by atoms with van der Waals surface area (Å²) in [6.45, 7) is 3.86. The largest absolute Gasteiger partial charge is 0.497 e. The van der Waals surface area contributed by atoms with E-state index in [9.17, 15) is 14.9 Å². The molecule has 1 aliphatic rings. The number of fused-ring (bicyclic) bond motifs is 1. The molecule has 0 fully saturated rings. The van der Waals surface area contributed by atoms with Gasteiger partial charge in [0.25, 0.3) is 11.8 Å². The third-order valence-corrected chi connectivity index (χ3v) is 5.30. The minimum Gasteiger partial charge on any atom is -0.497 e. The Morgan fingerprint density at radius 3 is 2.18 bits per heavy atom. The number of anilines is 1. The van der Waals surface area contributed by atoms with Crippen LogP contribution in [0.2, 0.25) is 0 Å². The van der Waals surface area contributed by atoms with E-state index in [2.05, 4.69) is 15.6 Å². The standard InChI is InChI=1S/C27H22N4O3/c1-16-12-17(2)14-19(13-16)29-27(33)23(15-28)24-21-6-4-5-7-22(21)25(30-24)31-26(32)18-8-10-20(34-3)11-9-18/h4-14H,1-3H3,(H,29,33)(H,30,31,32). The van der Waals surface area contributed by atoms with Crippen molar-refractivity contribution in [3.63, 3.8) is 0 Å². The van der Waals surface area contributed by atoms with Crippen molar-refractivity contribution in [1.29, 1.82) is 5.26 Å². The second-order valence-electron chi connectivity index (χ2n) is 7.85. The summed E-state index contributed by atoms with van der Waals surface area (Å²) in [6, 6.07) is 21.5. The van der Waals surface area contributed by atoms with Gasteiger partial charge in [-0.1, -0.05) is 30.3 Å². The number of carbonyl (C=O) groups is 2. The summed E-state index contributed by atoms with van der Waals surface area (Å²) in [7, 11) is 1.55. The molecule has 0 unspecified atom stereocenters. The zero-order chi connectivity index (χ0) is 24.2. The molecule has 7 heteroatoms. The lowest BCUT2D eigenvalue weighted by atomic mass is 10.0. The van der Waals surface area contributed by atoms with Gasteiger partial charge in [-0.05, 0) is 61.4 Å². The van der Waals surface area contributed by atoms with Crippen LogP contribution in [-0.4, -0.2) is 24.8 Å². The number of amidine groups is 1. The molecule has 3 aromatic rings. The van der Waals surface area contributed by atoms with Crippen molar-refractivity contribution in [1.82, 2.24) is 5.32 Å². The Hall–Kier alpha value is -4.70. The van der Waals surface area contributed by atoms with Gasteiger partial charge in [-0.3, -0.25) is 9.59 Å². The second kappa shape index (κ2) is 9.43. The van der Waals surface area contributed by atoms with E-state index >= 15 is 0 Å². The van der Waals surface area contributed by atoms with E-state index in [0.717, 1.165) is 11.1 Å². The molecule has 1 aliphatic heterocycles.